The first-order valence-corrected chi connectivity index (χ1v) is 6.82. The molecule has 0 aromatic heterocycles. The molecule has 0 spiro atoms. The number of amides is 1. The maximum Gasteiger partial charge on any atom is 0.251 e. The maximum absolute atomic E-state index is 11.8. The zero-order chi connectivity index (χ0) is 13.8. The Morgan fingerprint density at radius 2 is 1.89 bits per heavy atom. The lowest BCUT2D eigenvalue weighted by Crippen LogP contribution is -2.32. The predicted octanol–water partition coefficient (Wildman–Crippen LogP) is 2.98. The number of carbonyl (C=O) groups is 1. The van der Waals surface area contributed by atoms with E-state index in [1.165, 1.54) is 0 Å². The summed E-state index contributed by atoms with van der Waals surface area (Å²) in [5.41, 5.74) is 0.478. The van der Waals surface area contributed by atoms with Gasteiger partial charge in [-0.05, 0) is 36.1 Å². The molecular weight excluding hydrogens is 294 g/mol. The molecule has 0 fully saturated rings. The fourth-order valence-corrected chi connectivity index (χ4v) is 1.72. The summed E-state index contributed by atoms with van der Waals surface area (Å²) in [6.07, 6.45) is 0.147. The molecule has 18 heavy (non-hydrogen) atoms. The molecule has 0 radical (unpaired) electrons. The number of hydrogen-bond donors (Lipinski definition) is 2. The molecular formula is C14H20BrNO2. The quantitative estimate of drug-likeness (QED) is 0.897. The van der Waals surface area contributed by atoms with E-state index >= 15 is 0 Å². The van der Waals surface area contributed by atoms with Crippen LogP contribution in [0.5, 0.6) is 0 Å². The zero-order valence-electron chi connectivity index (χ0n) is 11.0. The van der Waals surface area contributed by atoms with Crippen molar-refractivity contribution in [3.05, 3.63) is 34.3 Å². The van der Waals surface area contributed by atoms with Crippen molar-refractivity contribution in [3.8, 4) is 0 Å². The zero-order valence-corrected chi connectivity index (χ0v) is 12.6. The van der Waals surface area contributed by atoms with Crippen LogP contribution >= 0.6 is 15.9 Å². The molecule has 0 heterocycles. The fraction of sp³-hybridized carbons (Fsp3) is 0.500. The van der Waals surface area contributed by atoms with Crippen LogP contribution in [-0.2, 0) is 0 Å². The maximum atomic E-state index is 11.8. The molecule has 1 atom stereocenters. The molecule has 0 saturated carbocycles. The number of nitrogens with one attached hydrogen (secondary N) is 1. The summed E-state index contributed by atoms with van der Waals surface area (Å²) in [7, 11) is 0. The molecule has 0 unspecified atom stereocenters. The van der Waals surface area contributed by atoms with Crippen LogP contribution in [0.2, 0.25) is 0 Å². The summed E-state index contributed by atoms with van der Waals surface area (Å²) in [6, 6.07) is 7.19. The van der Waals surface area contributed by atoms with Crippen LogP contribution in [0.15, 0.2) is 28.7 Å². The second kappa shape index (κ2) is 6.34. The summed E-state index contributed by atoms with van der Waals surface area (Å²) in [5, 5.41) is 12.7. The van der Waals surface area contributed by atoms with Crippen molar-refractivity contribution in [2.45, 2.75) is 33.3 Å². The molecule has 0 aliphatic heterocycles. The van der Waals surface area contributed by atoms with Crippen molar-refractivity contribution in [1.29, 1.82) is 0 Å². The van der Waals surface area contributed by atoms with E-state index in [1.807, 2.05) is 32.9 Å². The van der Waals surface area contributed by atoms with Crippen LogP contribution < -0.4 is 5.32 Å². The third-order valence-electron chi connectivity index (χ3n) is 2.81. The van der Waals surface area contributed by atoms with Crippen LogP contribution in [-0.4, -0.2) is 23.7 Å². The summed E-state index contributed by atoms with van der Waals surface area (Å²) in [5.74, 6) is -0.108. The lowest BCUT2D eigenvalue weighted by molar-refractivity contribution is 0.0551. The van der Waals surface area contributed by atoms with Crippen LogP contribution in [0.3, 0.4) is 0 Å². The minimum absolute atomic E-state index is 0.108. The smallest absolute Gasteiger partial charge is 0.251 e. The van der Waals surface area contributed by atoms with Gasteiger partial charge in [0.15, 0.2) is 0 Å². The summed E-state index contributed by atoms with van der Waals surface area (Å²) in [6.45, 7) is 6.42. The Bertz CT molecular complexity index is 395. The van der Waals surface area contributed by atoms with Crippen molar-refractivity contribution in [1.82, 2.24) is 5.32 Å². The van der Waals surface area contributed by atoms with E-state index in [0.717, 1.165) is 4.47 Å². The number of benzene rings is 1. The van der Waals surface area contributed by atoms with Crippen LogP contribution in [0.4, 0.5) is 0 Å². The Labute approximate surface area is 117 Å². The second-order valence-corrected chi connectivity index (χ2v) is 6.35. The highest BCUT2D eigenvalue weighted by Crippen LogP contribution is 2.21. The van der Waals surface area contributed by atoms with Gasteiger partial charge in [-0.1, -0.05) is 36.7 Å². The van der Waals surface area contributed by atoms with Crippen molar-refractivity contribution in [2.75, 3.05) is 6.54 Å². The normalized spacial score (nSPS) is 13.2. The van der Waals surface area contributed by atoms with Crippen molar-refractivity contribution < 1.29 is 9.90 Å². The van der Waals surface area contributed by atoms with Crippen LogP contribution in [0.1, 0.15) is 37.6 Å². The third kappa shape index (κ3) is 4.78. The molecule has 0 saturated heterocycles. The highest BCUT2D eigenvalue weighted by Gasteiger charge is 2.21. The van der Waals surface area contributed by atoms with Gasteiger partial charge in [-0.2, -0.15) is 0 Å². The lowest BCUT2D eigenvalue weighted by Gasteiger charge is -2.25. The lowest BCUT2D eigenvalue weighted by atomic mass is 9.87. The van der Waals surface area contributed by atoms with Crippen molar-refractivity contribution in [3.63, 3.8) is 0 Å². The van der Waals surface area contributed by atoms with Crippen LogP contribution in [0.25, 0.3) is 0 Å². The molecule has 0 aliphatic rings. The molecule has 1 amide bonds. The minimum atomic E-state index is -0.414. The van der Waals surface area contributed by atoms with Gasteiger partial charge in [0.2, 0.25) is 0 Å². The largest absolute Gasteiger partial charge is 0.393 e. The van der Waals surface area contributed by atoms with Crippen molar-refractivity contribution >= 4 is 21.8 Å². The number of aliphatic hydroxyl groups excluding tert-OH is 1. The molecule has 1 aromatic rings. The minimum Gasteiger partial charge on any atom is -0.393 e. The van der Waals surface area contributed by atoms with E-state index in [4.69, 9.17) is 0 Å². The average Bonchev–Trinajstić information content (AvgIpc) is 2.28. The molecule has 2 N–H and O–H groups in total. The Balaban J connectivity index is 2.40. The summed E-state index contributed by atoms with van der Waals surface area (Å²) >= 11 is 3.32. The number of aliphatic hydroxyl groups is 1. The molecule has 4 heteroatoms. The Morgan fingerprint density at radius 1 is 1.33 bits per heavy atom. The molecule has 1 rings (SSSR count). The van der Waals surface area contributed by atoms with Crippen molar-refractivity contribution in [2.24, 2.45) is 5.41 Å². The topological polar surface area (TPSA) is 49.3 Å². The van der Waals surface area contributed by atoms with E-state index in [2.05, 4.69) is 21.2 Å². The van der Waals surface area contributed by atoms with Gasteiger partial charge in [0.1, 0.15) is 0 Å². The first-order chi connectivity index (χ1) is 8.30. The van der Waals surface area contributed by atoms with E-state index in [0.29, 0.717) is 18.5 Å². The first-order valence-electron chi connectivity index (χ1n) is 6.02. The van der Waals surface area contributed by atoms with Gasteiger partial charge in [-0.3, -0.25) is 4.79 Å². The Kier molecular flexibility index (Phi) is 5.35. The van der Waals surface area contributed by atoms with Gasteiger partial charge in [-0.15, -0.1) is 0 Å². The van der Waals surface area contributed by atoms with E-state index in [9.17, 15) is 9.90 Å². The molecule has 0 aliphatic carbocycles. The van der Waals surface area contributed by atoms with E-state index in [1.54, 1.807) is 12.1 Å². The monoisotopic (exact) mass is 313 g/mol. The third-order valence-corrected chi connectivity index (χ3v) is 3.34. The SMILES string of the molecule is CC(C)(C)[C@H](O)CCNC(=O)c1ccc(Br)cc1. The predicted molar refractivity (Wildman–Crippen MR) is 76.6 cm³/mol. The molecule has 100 valence electrons. The summed E-state index contributed by atoms with van der Waals surface area (Å²) < 4.78 is 0.946. The summed E-state index contributed by atoms with van der Waals surface area (Å²) in [4.78, 5) is 11.8. The Hall–Kier alpha value is -0.870. The van der Waals surface area contributed by atoms with Gasteiger partial charge >= 0.3 is 0 Å². The van der Waals surface area contributed by atoms with E-state index < -0.39 is 6.10 Å². The molecule has 3 nitrogen and oxygen atoms in total. The standard InChI is InChI=1S/C14H20BrNO2/c1-14(2,3)12(17)8-9-16-13(18)10-4-6-11(15)7-5-10/h4-7,12,17H,8-9H2,1-3H3,(H,16,18)/t12-/m1/s1. The Morgan fingerprint density at radius 3 is 2.39 bits per heavy atom. The fourth-order valence-electron chi connectivity index (χ4n) is 1.46. The average molecular weight is 314 g/mol. The van der Waals surface area contributed by atoms with E-state index in [-0.39, 0.29) is 11.3 Å². The highest BCUT2D eigenvalue weighted by molar-refractivity contribution is 9.10. The number of carbonyl (C=O) groups excluding carboxylic acids is 1. The number of halogens is 1. The highest BCUT2D eigenvalue weighted by atomic mass is 79.9. The van der Waals surface area contributed by atoms with Crippen LogP contribution in [0, 0.1) is 5.41 Å². The van der Waals surface area contributed by atoms with Gasteiger partial charge in [-0.25, -0.2) is 0 Å². The number of hydrogen-bond acceptors (Lipinski definition) is 2. The first kappa shape index (κ1) is 15.2. The van der Waals surface area contributed by atoms with Gasteiger partial charge in [0.05, 0.1) is 6.10 Å². The molecule has 1 aromatic carbocycles. The van der Waals surface area contributed by atoms with Gasteiger partial charge in [0, 0.05) is 16.6 Å². The van der Waals surface area contributed by atoms with Gasteiger partial charge in [0.25, 0.3) is 5.91 Å². The molecule has 0 bridgehead atoms. The number of rotatable bonds is 4. The van der Waals surface area contributed by atoms with Gasteiger partial charge < -0.3 is 10.4 Å². The second-order valence-electron chi connectivity index (χ2n) is 5.43.